The molecule has 0 aliphatic carbocycles. The molecule has 0 radical (unpaired) electrons. The molecule has 6 nitrogen and oxygen atoms in total. The number of anilines is 1. The largest absolute Gasteiger partial charge is 0.497 e. The van der Waals surface area contributed by atoms with Crippen molar-refractivity contribution in [3.05, 3.63) is 53.6 Å². The maximum absolute atomic E-state index is 13.2. The molecule has 3 rings (SSSR count). The molecule has 0 aliphatic heterocycles. The van der Waals surface area contributed by atoms with Gasteiger partial charge in [-0.15, -0.1) is 12.4 Å². The number of hydrogen-bond donors (Lipinski definition) is 0. The monoisotopic (exact) mass is 433 g/mol. The Morgan fingerprint density at radius 2 is 1.69 bits per heavy atom. The molecule has 0 bridgehead atoms. The van der Waals surface area contributed by atoms with Crippen molar-refractivity contribution in [1.82, 2.24) is 9.88 Å². The summed E-state index contributed by atoms with van der Waals surface area (Å²) < 4.78 is 6.24. The zero-order valence-electron chi connectivity index (χ0n) is 16.8. The lowest BCUT2D eigenvalue weighted by molar-refractivity contribution is 0.0981. The van der Waals surface area contributed by atoms with Crippen LogP contribution in [-0.2, 0) is 0 Å². The van der Waals surface area contributed by atoms with E-state index < -0.39 is 0 Å². The highest BCUT2D eigenvalue weighted by Gasteiger charge is 2.21. The van der Waals surface area contributed by atoms with Crippen LogP contribution in [0.4, 0.5) is 5.13 Å². The number of hydrogen-bond acceptors (Lipinski definition) is 6. The number of methoxy groups -OCH3 is 1. The average Bonchev–Trinajstić information content (AvgIpc) is 3.10. The quantitative estimate of drug-likeness (QED) is 0.524. The number of amides is 1. The normalized spacial score (nSPS) is 10.7. The molecule has 1 heterocycles. The molecule has 0 saturated heterocycles. The van der Waals surface area contributed by atoms with E-state index in [2.05, 4.69) is 4.98 Å². The molecule has 0 spiro atoms. The van der Waals surface area contributed by atoms with Crippen LogP contribution in [0.2, 0.25) is 0 Å². The van der Waals surface area contributed by atoms with Gasteiger partial charge in [-0.1, -0.05) is 23.5 Å². The van der Waals surface area contributed by atoms with Gasteiger partial charge in [0, 0.05) is 24.2 Å². The van der Waals surface area contributed by atoms with E-state index >= 15 is 0 Å². The van der Waals surface area contributed by atoms with Crippen LogP contribution in [0, 0.1) is 0 Å². The highest BCUT2D eigenvalue weighted by Crippen LogP contribution is 2.32. The number of aromatic nitrogens is 1. The van der Waals surface area contributed by atoms with Crippen molar-refractivity contribution in [2.45, 2.75) is 6.92 Å². The van der Waals surface area contributed by atoms with Crippen molar-refractivity contribution in [2.75, 3.05) is 39.2 Å². The Labute approximate surface area is 180 Å². The number of fused-ring (bicyclic) bond motifs is 1. The lowest BCUT2D eigenvalue weighted by Gasteiger charge is -2.22. The van der Waals surface area contributed by atoms with Gasteiger partial charge in [0.25, 0.3) is 5.91 Å². The number of likely N-dealkylation sites (N-methyl/N-ethyl adjacent to an activating group) is 1. The highest BCUT2D eigenvalue weighted by molar-refractivity contribution is 7.22. The van der Waals surface area contributed by atoms with Crippen molar-refractivity contribution in [3.8, 4) is 5.75 Å². The van der Waals surface area contributed by atoms with E-state index in [1.54, 1.807) is 36.3 Å². The number of carbonyl (C=O) groups excluding carboxylic acids is 2. The molecule has 0 N–H and O–H groups in total. The number of benzene rings is 2. The van der Waals surface area contributed by atoms with Crippen molar-refractivity contribution in [3.63, 3.8) is 0 Å². The van der Waals surface area contributed by atoms with E-state index in [0.29, 0.717) is 29.3 Å². The molecular weight excluding hydrogens is 410 g/mol. The summed E-state index contributed by atoms with van der Waals surface area (Å²) in [7, 11) is 5.56. The van der Waals surface area contributed by atoms with E-state index in [9.17, 15) is 9.59 Å². The molecule has 0 fully saturated rings. The minimum atomic E-state index is -0.136. The van der Waals surface area contributed by atoms with Crippen LogP contribution in [0.25, 0.3) is 10.2 Å². The van der Waals surface area contributed by atoms with Crippen LogP contribution >= 0.6 is 23.7 Å². The zero-order valence-corrected chi connectivity index (χ0v) is 18.5. The number of rotatable bonds is 7. The zero-order chi connectivity index (χ0) is 20.3. The van der Waals surface area contributed by atoms with Crippen molar-refractivity contribution < 1.29 is 14.3 Å². The lowest BCUT2D eigenvalue weighted by Crippen LogP contribution is -2.36. The molecule has 29 heavy (non-hydrogen) atoms. The highest BCUT2D eigenvalue weighted by atomic mass is 35.5. The van der Waals surface area contributed by atoms with Crippen LogP contribution in [0.3, 0.4) is 0 Å². The number of ketones is 1. The molecule has 1 amide bonds. The van der Waals surface area contributed by atoms with Gasteiger partial charge in [0.1, 0.15) is 5.75 Å². The smallest absolute Gasteiger partial charge is 0.260 e. The first kappa shape index (κ1) is 22.8. The number of thiazole rings is 1. The summed E-state index contributed by atoms with van der Waals surface area (Å²) in [6.07, 6.45) is 0. The van der Waals surface area contributed by atoms with Gasteiger partial charge in [-0.05, 0) is 51.4 Å². The number of halogens is 1. The van der Waals surface area contributed by atoms with Crippen molar-refractivity contribution in [2.24, 2.45) is 0 Å². The fraction of sp³-hybridized carbons (Fsp3) is 0.286. The third-order valence-corrected chi connectivity index (χ3v) is 5.41. The number of ether oxygens (including phenoxy) is 1. The first-order chi connectivity index (χ1) is 13.4. The Bertz CT molecular complexity index is 1000. The Balaban J connectivity index is 0.00000300. The molecule has 0 atom stereocenters. The summed E-state index contributed by atoms with van der Waals surface area (Å²) in [4.78, 5) is 33.1. The Hall–Kier alpha value is -2.48. The van der Waals surface area contributed by atoms with Gasteiger partial charge in [0.2, 0.25) is 0 Å². The maximum Gasteiger partial charge on any atom is 0.260 e. The molecule has 0 aliphatic rings. The second-order valence-corrected chi connectivity index (χ2v) is 7.73. The van der Waals surface area contributed by atoms with Gasteiger partial charge < -0.3 is 9.64 Å². The first-order valence-corrected chi connectivity index (χ1v) is 9.73. The SMILES string of the molecule is COc1ccc2nc(N(CCN(C)C)C(=O)c3ccc(C(C)=O)cc3)sc2c1.Cl. The van der Waals surface area contributed by atoms with E-state index in [0.717, 1.165) is 16.0 Å². The molecule has 8 heteroatoms. The van der Waals surface area contributed by atoms with Gasteiger partial charge in [-0.25, -0.2) is 4.98 Å². The molecule has 0 unspecified atom stereocenters. The fourth-order valence-electron chi connectivity index (χ4n) is 2.72. The Kier molecular flexibility index (Phi) is 7.73. The van der Waals surface area contributed by atoms with Crippen LogP contribution in [0.5, 0.6) is 5.75 Å². The molecule has 1 aromatic heterocycles. The predicted molar refractivity (Wildman–Crippen MR) is 120 cm³/mol. The summed E-state index contributed by atoms with van der Waals surface area (Å²) in [5.74, 6) is 0.597. The Morgan fingerprint density at radius 1 is 1.03 bits per heavy atom. The third kappa shape index (κ3) is 5.32. The van der Waals surface area contributed by atoms with E-state index in [1.807, 2.05) is 37.2 Å². The van der Waals surface area contributed by atoms with Crippen LogP contribution in [0.15, 0.2) is 42.5 Å². The molecule has 2 aromatic carbocycles. The molecule has 3 aromatic rings. The fourth-order valence-corrected chi connectivity index (χ4v) is 3.74. The predicted octanol–water partition coefficient (Wildman–Crippen LogP) is 4.14. The van der Waals surface area contributed by atoms with Crippen LogP contribution < -0.4 is 9.64 Å². The average molecular weight is 434 g/mol. The number of nitrogens with zero attached hydrogens (tertiary/aromatic N) is 3. The number of Topliss-reactive ketones (excluding diaryl/α,β-unsaturated/α-hetero) is 1. The topological polar surface area (TPSA) is 62.7 Å². The van der Waals surface area contributed by atoms with Crippen molar-refractivity contribution >= 4 is 50.8 Å². The summed E-state index contributed by atoms with van der Waals surface area (Å²) in [5, 5.41) is 0.644. The van der Waals surface area contributed by atoms with Crippen LogP contribution in [0.1, 0.15) is 27.6 Å². The molecule has 0 saturated carbocycles. The summed E-state index contributed by atoms with van der Waals surface area (Å²) >= 11 is 1.46. The van der Waals surface area contributed by atoms with E-state index in [-0.39, 0.29) is 24.1 Å². The van der Waals surface area contributed by atoms with E-state index in [1.165, 1.54) is 18.3 Å². The second kappa shape index (κ2) is 9.82. The Morgan fingerprint density at radius 3 is 2.28 bits per heavy atom. The summed E-state index contributed by atoms with van der Waals surface area (Å²) in [6, 6.07) is 12.4. The third-order valence-electron chi connectivity index (χ3n) is 4.37. The van der Waals surface area contributed by atoms with Gasteiger partial charge in [-0.2, -0.15) is 0 Å². The van der Waals surface area contributed by atoms with Crippen molar-refractivity contribution in [1.29, 1.82) is 0 Å². The lowest BCUT2D eigenvalue weighted by atomic mass is 10.1. The standard InChI is InChI=1S/C21H23N3O3S.ClH/c1-14(25)15-5-7-16(8-6-15)20(26)24(12-11-23(2)3)21-22-18-10-9-17(27-4)13-19(18)28-21;/h5-10,13H,11-12H2,1-4H3;1H. The molecule has 154 valence electrons. The van der Waals surface area contributed by atoms with Gasteiger partial charge >= 0.3 is 0 Å². The summed E-state index contributed by atoms with van der Waals surface area (Å²) in [5.41, 5.74) is 1.94. The molecular formula is C21H24ClN3O3S. The van der Waals surface area contributed by atoms with Gasteiger partial charge in [0.05, 0.1) is 17.3 Å². The van der Waals surface area contributed by atoms with E-state index in [4.69, 9.17) is 4.74 Å². The number of carbonyl (C=O) groups is 2. The van der Waals surface area contributed by atoms with Gasteiger partial charge in [0.15, 0.2) is 10.9 Å². The first-order valence-electron chi connectivity index (χ1n) is 8.91. The minimum Gasteiger partial charge on any atom is -0.497 e. The summed E-state index contributed by atoms with van der Waals surface area (Å²) in [6.45, 7) is 2.73. The van der Waals surface area contributed by atoms with Crippen LogP contribution in [-0.4, -0.2) is 55.9 Å². The maximum atomic E-state index is 13.2. The minimum absolute atomic E-state index is 0. The second-order valence-electron chi connectivity index (χ2n) is 6.72. The van der Waals surface area contributed by atoms with Gasteiger partial charge in [-0.3, -0.25) is 14.5 Å².